The van der Waals surface area contributed by atoms with Gasteiger partial charge in [0.15, 0.2) is 0 Å². The lowest BCUT2D eigenvalue weighted by Crippen LogP contribution is -2.25. The average Bonchev–Trinajstić information content (AvgIpc) is 2.47. The van der Waals surface area contributed by atoms with Gasteiger partial charge in [0.1, 0.15) is 5.75 Å². The average molecular weight is 279 g/mol. The third kappa shape index (κ3) is 4.23. The molecule has 2 N–H and O–H groups in total. The Balaban J connectivity index is 2.80. The predicted octanol–water partition coefficient (Wildman–Crippen LogP) is 3.20. The summed E-state index contributed by atoms with van der Waals surface area (Å²) in [6.45, 7) is 8.41. The maximum Gasteiger partial charge on any atom is 0.227 e. The van der Waals surface area contributed by atoms with Crippen LogP contribution in [0.4, 0.5) is 5.69 Å². The van der Waals surface area contributed by atoms with E-state index in [0.29, 0.717) is 29.5 Å². The first-order chi connectivity index (χ1) is 9.53. The van der Waals surface area contributed by atoms with Crippen molar-refractivity contribution in [1.82, 2.24) is 0 Å². The first-order valence-electron chi connectivity index (χ1n) is 7.20. The van der Waals surface area contributed by atoms with Crippen LogP contribution in [0.15, 0.2) is 18.2 Å². The van der Waals surface area contributed by atoms with E-state index in [0.717, 1.165) is 6.42 Å². The minimum atomic E-state index is -0.111. The van der Waals surface area contributed by atoms with Crippen molar-refractivity contribution in [2.24, 2.45) is 11.8 Å². The van der Waals surface area contributed by atoms with E-state index in [9.17, 15) is 9.90 Å². The van der Waals surface area contributed by atoms with Crippen molar-refractivity contribution in [2.45, 2.75) is 40.7 Å². The number of nitrogens with one attached hydrogen (secondary N) is 1. The zero-order valence-corrected chi connectivity index (χ0v) is 12.8. The van der Waals surface area contributed by atoms with Crippen molar-refractivity contribution in [3.05, 3.63) is 23.8 Å². The van der Waals surface area contributed by atoms with E-state index in [1.54, 1.807) is 18.2 Å². The number of anilines is 1. The molecule has 112 valence electrons. The highest BCUT2D eigenvalue weighted by Gasteiger charge is 2.19. The quantitative estimate of drug-likeness (QED) is 0.806. The van der Waals surface area contributed by atoms with E-state index in [1.165, 1.54) is 0 Å². The van der Waals surface area contributed by atoms with Crippen molar-refractivity contribution in [1.29, 1.82) is 0 Å². The Labute approximate surface area is 121 Å². The Bertz CT molecular complexity index is 445. The summed E-state index contributed by atoms with van der Waals surface area (Å²) in [5, 5.41) is 12.2. The van der Waals surface area contributed by atoms with Gasteiger partial charge in [-0.1, -0.05) is 27.2 Å². The molecule has 0 radical (unpaired) electrons. The molecule has 0 heterocycles. The topological polar surface area (TPSA) is 58.6 Å². The number of aliphatic hydroxyl groups excluding tert-OH is 1. The van der Waals surface area contributed by atoms with E-state index in [4.69, 9.17) is 4.74 Å². The maximum absolute atomic E-state index is 12.1. The highest BCUT2D eigenvalue weighted by molar-refractivity contribution is 5.92. The number of amides is 1. The number of hydrogen-bond acceptors (Lipinski definition) is 3. The molecule has 1 aromatic carbocycles. The molecule has 0 aromatic heterocycles. The van der Waals surface area contributed by atoms with Crippen LogP contribution in [-0.4, -0.2) is 17.6 Å². The van der Waals surface area contributed by atoms with Crippen molar-refractivity contribution >= 4 is 11.6 Å². The highest BCUT2D eigenvalue weighted by Crippen LogP contribution is 2.24. The van der Waals surface area contributed by atoms with Gasteiger partial charge in [-0.2, -0.15) is 0 Å². The lowest BCUT2D eigenvalue weighted by Gasteiger charge is -2.18. The molecular weight excluding hydrogens is 254 g/mol. The smallest absolute Gasteiger partial charge is 0.227 e. The molecule has 1 rings (SSSR count). The Kier molecular flexibility index (Phi) is 6.52. The van der Waals surface area contributed by atoms with Gasteiger partial charge in [-0.25, -0.2) is 0 Å². The van der Waals surface area contributed by atoms with E-state index in [-0.39, 0.29) is 18.4 Å². The zero-order chi connectivity index (χ0) is 15.1. The zero-order valence-electron chi connectivity index (χ0n) is 12.8. The second-order valence-electron chi connectivity index (χ2n) is 5.08. The molecule has 0 saturated carbocycles. The van der Waals surface area contributed by atoms with Gasteiger partial charge in [0.2, 0.25) is 5.91 Å². The lowest BCUT2D eigenvalue weighted by molar-refractivity contribution is -0.120. The van der Waals surface area contributed by atoms with Crippen molar-refractivity contribution in [3.8, 4) is 5.75 Å². The minimum Gasteiger partial charge on any atom is -0.494 e. The van der Waals surface area contributed by atoms with Gasteiger partial charge in [0.05, 0.1) is 13.2 Å². The van der Waals surface area contributed by atoms with E-state index < -0.39 is 0 Å². The fourth-order valence-corrected chi connectivity index (χ4v) is 1.95. The largest absolute Gasteiger partial charge is 0.494 e. The molecule has 0 aliphatic rings. The molecule has 0 aliphatic heterocycles. The first-order valence-corrected chi connectivity index (χ1v) is 7.20. The molecule has 0 saturated heterocycles. The number of carbonyl (C=O) groups is 1. The first kappa shape index (κ1) is 16.5. The van der Waals surface area contributed by atoms with Gasteiger partial charge in [0, 0.05) is 17.2 Å². The summed E-state index contributed by atoms with van der Waals surface area (Å²) < 4.78 is 5.42. The number of rotatable bonds is 7. The molecule has 0 aliphatic carbocycles. The summed E-state index contributed by atoms with van der Waals surface area (Å²) >= 11 is 0. The summed E-state index contributed by atoms with van der Waals surface area (Å²) in [7, 11) is 0. The van der Waals surface area contributed by atoms with Gasteiger partial charge in [-0.05, 0) is 31.0 Å². The number of aliphatic hydroxyl groups is 1. The number of carbonyl (C=O) groups excluding carboxylic acids is 1. The lowest BCUT2D eigenvalue weighted by atomic mass is 9.93. The highest BCUT2D eigenvalue weighted by atomic mass is 16.5. The van der Waals surface area contributed by atoms with Crippen LogP contribution in [0, 0.1) is 11.8 Å². The number of benzene rings is 1. The van der Waals surface area contributed by atoms with E-state index in [2.05, 4.69) is 19.2 Å². The van der Waals surface area contributed by atoms with Crippen LogP contribution >= 0.6 is 0 Å². The minimum absolute atomic E-state index is 0.00685. The molecule has 0 bridgehead atoms. The Morgan fingerprint density at radius 3 is 2.60 bits per heavy atom. The third-order valence-electron chi connectivity index (χ3n) is 3.71. The Morgan fingerprint density at radius 1 is 1.35 bits per heavy atom. The van der Waals surface area contributed by atoms with Crippen LogP contribution in [0.25, 0.3) is 0 Å². The van der Waals surface area contributed by atoms with Gasteiger partial charge in [-0.3, -0.25) is 4.79 Å². The van der Waals surface area contributed by atoms with Crippen LogP contribution in [0.2, 0.25) is 0 Å². The summed E-state index contributed by atoms with van der Waals surface area (Å²) in [5.41, 5.74) is 1.37. The number of hydrogen-bond donors (Lipinski definition) is 2. The van der Waals surface area contributed by atoms with Crippen LogP contribution in [0.3, 0.4) is 0 Å². The molecule has 2 atom stereocenters. The van der Waals surface area contributed by atoms with Crippen molar-refractivity contribution < 1.29 is 14.6 Å². The van der Waals surface area contributed by atoms with Gasteiger partial charge < -0.3 is 15.2 Å². The molecule has 2 unspecified atom stereocenters. The van der Waals surface area contributed by atoms with E-state index in [1.807, 2.05) is 13.8 Å². The summed E-state index contributed by atoms with van der Waals surface area (Å²) in [4.78, 5) is 12.1. The van der Waals surface area contributed by atoms with Crippen molar-refractivity contribution in [3.63, 3.8) is 0 Å². The Hall–Kier alpha value is -1.55. The summed E-state index contributed by atoms with van der Waals surface area (Å²) in [6, 6.07) is 5.33. The molecule has 0 fully saturated rings. The molecule has 1 amide bonds. The molecule has 0 spiro atoms. The molecular formula is C16H25NO3. The molecule has 1 aromatic rings. The normalized spacial score (nSPS) is 13.7. The van der Waals surface area contributed by atoms with Crippen LogP contribution < -0.4 is 10.1 Å². The van der Waals surface area contributed by atoms with Crippen LogP contribution in [0.1, 0.15) is 39.7 Å². The number of ether oxygens (including phenoxy) is 1. The second kappa shape index (κ2) is 7.90. The fourth-order valence-electron chi connectivity index (χ4n) is 1.95. The van der Waals surface area contributed by atoms with Crippen molar-refractivity contribution in [2.75, 3.05) is 11.9 Å². The molecule has 4 nitrogen and oxygen atoms in total. The van der Waals surface area contributed by atoms with Gasteiger partial charge in [0.25, 0.3) is 0 Å². The summed E-state index contributed by atoms with van der Waals surface area (Å²) in [5.74, 6) is 0.967. The van der Waals surface area contributed by atoms with Gasteiger partial charge in [-0.15, -0.1) is 0 Å². The van der Waals surface area contributed by atoms with Gasteiger partial charge >= 0.3 is 0 Å². The standard InChI is InChI=1S/C16H25NO3/c1-5-11(3)12(4)16(19)17-14-7-8-15(20-6-2)13(9-14)10-18/h7-9,11-12,18H,5-6,10H2,1-4H3,(H,17,19). The maximum atomic E-state index is 12.1. The second-order valence-corrected chi connectivity index (χ2v) is 5.08. The molecule has 4 heteroatoms. The monoisotopic (exact) mass is 279 g/mol. The van der Waals surface area contributed by atoms with E-state index >= 15 is 0 Å². The third-order valence-corrected chi connectivity index (χ3v) is 3.71. The fraction of sp³-hybridized carbons (Fsp3) is 0.562. The Morgan fingerprint density at radius 2 is 2.05 bits per heavy atom. The van der Waals surface area contributed by atoms with Crippen LogP contribution in [-0.2, 0) is 11.4 Å². The van der Waals surface area contributed by atoms with Crippen LogP contribution in [0.5, 0.6) is 5.75 Å². The predicted molar refractivity (Wildman–Crippen MR) is 80.8 cm³/mol. The molecule has 20 heavy (non-hydrogen) atoms. The summed E-state index contributed by atoms with van der Waals surface area (Å²) in [6.07, 6.45) is 0.972. The SMILES string of the molecule is CCOc1ccc(NC(=O)C(C)C(C)CC)cc1CO.